The summed E-state index contributed by atoms with van der Waals surface area (Å²) in [7, 11) is 1.58. The number of hydrogen-bond acceptors (Lipinski definition) is 4. The Morgan fingerprint density at radius 3 is 2.17 bits per heavy atom. The standard InChI is InChI=1S/C29H25N3O3/c1-20(24-15-14-22-8-6-7-11-25(22)19-24)31-32-29(34)27(18-21-12-16-26(35-2)17-13-21)30-28(33)23-9-4-3-5-10-23/h3-19,31H,1H2,2H3,(H,30,33)(H,32,34). The molecule has 0 heterocycles. The third-order valence-electron chi connectivity index (χ3n) is 5.38. The molecule has 0 bridgehead atoms. The summed E-state index contributed by atoms with van der Waals surface area (Å²) in [6, 6.07) is 29.7. The van der Waals surface area contributed by atoms with Gasteiger partial charge in [0.2, 0.25) is 0 Å². The maximum absolute atomic E-state index is 13.1. The number of nitrogens with one attached hydrogen (secondary N) is 3. The van der Waals surface area contributed by atoms with Crippen LogP contribution in [0.2, 0.25) is 0 Å². The average Bonchev–Trinajstić information content (AvgIpc) is 2.91. The maximum Gasteiger partial charge on any atom is 0.286 e. The minimum Gasteiger partial charge on any atom is -0.497 e. The Bertz CT molecular complexity index is 1390. The monoisotopic (exact) mass is 463 g/mol. The van der Waals surface area contributed by atoms with Gasteiger partial charge in [-0.15, -0.1) is 0 Å². The van der Waals surface area contributed by atoms with Gasteiger partial charge in [-0.25, -0.2) is 0 Å². The molecule has 0 unspecified atom stereocenters. The van der Waals surface area contributed by atoms with Crippen molar-refractivity contribution in [3.05, 3.63) is 126 Å². The second kappa shape index (κ2) is 10.9. The third kappa shape index (κ3) is 5.94. The van der Waals surface area contributed by atoms with Crippen molar-refractivity contribution in [2.24, 2.45) is 0 Å². The summed E-state index contributed by atoms with van der Waals surface area (Å²) < 4.78 is 5.19. The van der Waals surface area contributed by atoms with E-state index in [4.69, 9.17) is 4.74 Å². The molecule has 4 aromatic carbocycles. The van der Waals surface area contributed by atoms with Gasteiger partial charge in [-0.1, -0.05) is 73.3 Å². The summed E-state index contributed by atoms with van der Waals surface area (Å²) >= 11 is 0. The van der Waals surface area contributed by atoms with E-state index in [2.05, 4.69) is 22.7 Å². The zero-order valence-corrected chi connectivity index (χ0v) is 19.2. The molecule has 0 aromatic heterocycles. The minimum absolute atomic E-state index is 0.0721. The fraction of sp³-hybridized carbons (Fsp3) is 0.0345. The normalized spacial score (nSPS) is 10.9. The maximum atomic E-state index is 13.1. The zero-order valence-electron chi connectivity index (χ0n) is 19.2. The Balaban J connectivity index is 1.51. The molecule has 3 N–H and O–H groups in total. The zero-order chi connectivity index (χ0) is 24.6. The van der Waals surface area contributed by atoms with Gasteiger partial charge in [0.15, 0.2) is 0 Å². The highest BCUT2D eigenvalue weighted by Crippen LogP contribution is 2.19. The summed E-state index contributed by atoms with van der Waals surface area (Å²) in [6.45, 7) is 4.03. The second-order valence-corrected chi connectivity index (χ2v) is 7.77. The van der Waals surface area contributed by atoms with Crippen LogP contribution >= 0.6 is 0 Å². The van der Waals surface area contributed by atoms with Gasteiger partial charge in [-0.3, -0.25) is 20.4 Å². The van der Waals surface area contributed by atoms with Gasteiger partial charge in [-0.2, -0.15) is 0 Å². The van der Waals surface area contributed by atoms with Crippen LogP contribution in [0.15, 0.2) is 109 Å². The number of rotatable bonds is 8. The molecule has 174 valence electrons. The van der Waals surface area contributed by atoms with Gasteiger partial charge in [0.25, 0.3) is 11.8 Å². The molecule has 0 fully saturated rings. The van der Waals surface area contributed by atoms with E-state index in [1.807, 2.05) is 48.5 Å². The molecule has 0 atom stereocenters. The molecule has 4 rings (SSSR count). The molecule has 0 aliphatic rings. The van der Waals surface area contributed by atoms with Gasteiger partial charge in [-0.05, 0) is 58.3 Å². The van der Waals surface area contributed by atoms with Crippen molar-refractivity contribution in [1.29, 1.82) is 0 Å². The Morgan fingerprint density at radius 2 is 1.46 bits per heavy atom. The summed E-state index contributed by atoms with van der Waals surface area (Å²) in [4.78, 5) is 25.8. The molecule has 0 aliphatic heterocycles. The Kier molecular flexibility index (Phi) is 7.23. The highest BCUT2D eigenvalue weighted by Gasteiger charge is 2.15. The smallest absolute Gasteiger partial charge is 0.286 e. The number of amides is 2. The highest BCUT2D eigenvalue weighted by molar-refractivity contribution is 6.05. The molecular formula is C29H25N3O3. The van der Waals surface area contributed by atoms with Crippen molar-refractivity contribution < 1.29 is 14.3 Å². The quantitative estimate of drug-likeness (QED) is 0.256. The molecule has 0 aliphatic carbocycles. The molecule has 6 nitrogen and oxygen atoms in total. The Labute approximate surface area is 203 Å². The lowest BCUT2D eigenvalue weighted by Crippen LogP contribution is -2.41. The summed E-state index contributed by atoms with van der Waals surface area (Å²) in [5, 5.41) is 4.88. The number of carbonyl (C=O) groups excluding carboxylic acids is 2. The topological polar surface area (TPSA) is 79.5 Å². The number of hydrogen-bond donors (Lipinski definition) is 3. The number of fused-ring (bicyclic) bond motifs is 1. The van der Waals surface area contributed by atoms with E-state index in [9.17, 15) is 9.59 Å². The first-order valence-corrected chi connectivity index (χ1v) is 11.0. The van der Waals surface area contributed by atoms with Crippen LogP contribution in [0.25, 0.3) is 22.5 Å². The molecule has 0 saturated carbocycles. The molecule has 2 amide bonds. The fourth-order valence-corrected chi connectivity index (χ4v) is 3.46. The van der Waals surface area contributed by atoms with Gasteiger partial charge in [0.1, 0.15) is 11.4 Å². The number of methoxy groups -OCH3 is 1. The van der Waals surface area contributed by atoms with Crippen LogP contribution in [0.4, 0.5) is 0 Å². The van der Waals surface area contributed by atoms with Gasteiger partial charge < -0.3 is 10.1 Å². The van der Waals surface area contributed by atoms with E-state index in [0.717, 1.165) is 21.9 Å². The number of hydrazine groups is 1. The molecular weight excluding hydrogens is 438 g/mol. The van der Waals surface area contributed by atoms with Crippen LogP contribution in [0.3, 0.4) is 0 Å². The molecule has 6 heteroatoms. The average molecular weight is 464 g/mol. The lowest BCUT2D eigenvalue weighted by atomic mass is 10.1. The van der Waals surface area contributed by atoms with Crippen LogP contribution in [-0.2, 0) is 4.79 Å². The van der Waals surface area contributed by atoms with E-state index in [1.54, 1.807) is 61.7 Å². The van der Waals surface area contributed by atoms with E-state index in [1.165, 1.54) is 0 Å². The van der Waals surface area contributed by atoms with Crippen LogP contribution in [0, 0.1) is 0 Å². The number of benzene rings is 4. The third-order valence-corrected chi connectivity index (χ3v) is 5.38. The van der Waals surface area contributed by atoms with Crippen LogP contribution < -0.4 is 20.9 Å². The van der Waals surface area contributed by atoms with Gasteiger partial charge in [0, 0.05) is 5.56 Å². The first-order valence-electron chi connectivity index (χ1n) is 11.0. The van der Waals surface area contributed by atoms with E-state index >= 15 is 0 Å². The number of ether oxygens (including phenoxy) is 1. The second-order valence-electron chi connectivity index (χ2n) is 7.77. The van der Waals surface area contributed by atoms with E-state index in [-0.39, 0.29) is 5.70 Å². The van der Waals surface area contributed by atoms with Crippen LogP contribution in [0.1, 0.15) is 21.5 Å². The summed E-state index contributed by atoms with van der Waals surface area (Å²) in [5.41, 5.74) is 8.07. The fourth-order valence-electron chi connectivity index (χ4n) is 3.46. The lowest BCUT2D eigenvalue weighted by molar-refractivity contribution is -0.118. The Hall–Kier alpha value is -4.84. The largest absolute Gasteiger partial charge is 0.497 e. The molecule has 4 aromatic rings. The van der Waals surface area contributed by atoms with Crippen molar-refractivity contribution in [1.82, 2.24) is 16.2 Å². The first-order chi connectivity index (χ1) is 17.0. The summed E-state index contributed by atoms with van der Waals surface area (Å²) in [5.74, 6) is -0.226. The van der Waals surface area contributed by atoms with Crippen molar-refractivity contribution in [2.45, 2.75) is 0 Å². The predicted octanol–water partition coefficient (Wildman–Crippen LogP) is 4.91. The predicted molar refractivity (Wildman–Crippen MR) is 139 cm³/mol. The first kappa shape index (κ1) is 23.3. The van der Waals surface area contributed by atoms with Crippen molar-refractivity contribution in [2.75, 3.05) is 7.11 Å². The molecule has 0 radical (unpaired) electrons. The minimum atomic E-state index is -0.521. The number of carbonyl (C=O) groups is 2. The van der Waals surface area contributed by atoms with Crippen molar-refractivity contribution in [3.63, 3.8) is 0 Å². The SMILES string of the molecule is C=C(NNC(=O)C(=Cc1ccc(OC)cc1)NC(=O)c1ccccc1)c1ccc2ccccc2c1. The summed E-state index contributed by atoms with van der Waals surface area (Å²) in [6.07, 6.45) is 1.59. The lowest BCUT2D eigenvalue weighted by Gasteiger charge is -2.15. The molecule has 0 saturated heterocycles. The molecule has 35 heavy (non-hydrogen) atoms. The van der Waals surface area contributed by atoms with Crippen LogP contribution in [0.5, 0.6) is 5.75 Å². The molecule has 0 spiro atoms. The van der Waals surface area contributed by atoms with Crippen molar-refractivity contribution in [3.8, 4) is 5.75 Å². The van der Waals surface area contributed by atoms with Crippen molar-refractivity contribution >= 4 is 34.4 Å². The Morgan fingerprint density at radius 1 is 0.771 bits per heavy atom. The van der Waals surface area contributed by atoms with Gasteiger partial charge in [0.05, 0.1) is 12.8 Å². The van der Waals surface area contributed by atoms with E-state index < -0.39 is 11.8 Å². The highest BCUT2D eigenvalue weighted by atomic mass is 16.5. The van der Waals surface area contributed by atoms with Gasteiger partial charge >= 0.3 is 0 Å². The van der Waals surface area contributed by atoms with E-state index in [0.29, 0.717) is 17.0 Å². The van der Waals surface area contributed by atoms with Crippen LogP contribution in [-0.4, -0.2) is 18.9 Å².